The number of nitrogens with one attached hydrogen (secondary N) is 1. The highest BCUT2D eigenvalue weighted by Gasteiger charge is 2.13. The van der Waals surface area contributed by atoms with Crippen molar-refractivity contribution in [2.24, 2.45) is 0 Å². The highest BCUT2D eigenvalue weighted by Crippen LogP contribution is 2.23. The van der Waals surface area contributed by atoms with Crippen molar-refractivity contribution < 1.29 is 0 Å². The van der Waals surface area contributed by atoms with Crippen LogP contribution in [0.3, 0.4) is 0 Å². The fourth-order valence-electron chi connectivity index (χ4n) is 2.57. The van der Waals surface area contributed by atoms with Crippen LogP contribution < -0.4 is 5.32 Å². The van der Waals surface area contributed by atoms with Crippen LogP contribution in [-0.4, -0.2) is 11.5 Å². The average molecular weight is 274 g/mol. The molecule has 0 aliphatic rings. The molecule has 1 aromatic rings. The molecule has 2 heteroatoms. The van der Waals surface area contributed by atoms with E-state index >= 15 is 0 Å². The summed E-state index contributed by atoms with van der Waals surface area (Å²) >= 11 is 0. The lowest BCUT2D eigenvalue weighted by Gasteiger charge is -2.21. The third kappa shape index (κ3) is 5.87. The Morgan fingerprint density at radius 1 is 1.30 bits per heavy atom. The van der Waals surface area contributed by atoms with Gasteiger partial charge in [-0.3, -0.25) is 4.98 Å². The van der Waals surface area contributed by atoms with Crippen LogP contribution in [0.4, 0.5) is 0 Å². The van der Waals surface area contributed by atoms with Crippen LogP contribution in [0.15, 0.2) is 31.1 Å². The number of nitrogens with zero attached hydrogens (tertiary/aromatic N) is 1. The largest absolute Gasteiger partial charge is 0.310 e. The van der Waals surface area contributed by atoms with Crippen molar-refractivity contribution in [3.63, 3.8) is 0 Å². The van der Waals surface area contributed by atoms with Crippen LogP contribution in [-0.2, 0) is 6.42 Å². The van der Waals surface area contributed by atoms with Gasteiger partial charge in [0.1, 0.15) is 0 Å². The van der Waals surface area contributed by atoms with Gasteiger partial charge in [0.2, 0.25) is 0 Å². The standard InChI is InChI=1S/C18H30N2/c1-4-7-8-9-10-11-18(20-13-5-2)17-12-14-19-15-16(17)6-3/h4,12,14-15,18,20H,1,5-11,13H2,2-3H3. The van der Waals surface area contributed by atoms with Gasteiger partial charge in [-0.05, 0) is 55.8 Å². The van der Waals surface area contributed by atoms with Crippen LogP contribution in [0, 0.1) is 0 Å². The molecule has 1 aromatic heterocycles. The lowest BCUT2D eigenvalue weighted by atomic mass is 9.96. The first-order valence-corrected chi connectivity index (χ1v) is 8.10. The van der Waals surface area contributed by atoms with E-state index in [2.05, 4.69) is 36.8 Å². The van der Waals surface area contributed by atoms with Gasteiger partial charge < -0.3 is 5.32 Å². The van der Waals surface area contributed by atoms with Crippen molar-refractivity contribution in [2.45, 2.75) is 64.8 Å². The molecule has 0 fully saturated rings. The number of unbranched alkanes of at least 4 members (excludes halogenated alkanes) is 3. The fraction of sp³-hybridized carbons (Fsp3) is 0.611. The topological polar surface area (TPSA) is 24.9 Å². The summed E-state index contributed by atoms with van der Waals surface area (Å²) in [6, 6.07) is 2.67. The number of aromatic nitrogens is 1. The van der Waals surface area contributed by atoms with Gasteiger partial charge in [0.15, 0.2) is 0 Å². The predicted octanol–water partition coefficient (Wildman–Crippen LogP) is 4.82. The summed E-state index contributed by atoms with van der Waals surface area (Å²) in [5.41, 5.74) is 2.83. The smallest absolute Gasteiger partial charge is 0.0324 e. The molecule has 1 rings (SSSR count). The number of hydrogen-bond acceptors (Lipinski definition) is 2. The highest BCUT2D eigenvalue weighted by molar-refractivity contribution is 5.26. The Morgan fingerprint density at radius 2 is 2.15 bits per heavy atom. The molecule has 0 amide bonds. The van der Waals surface area contributed by atoms with Crippen LogP contribution in [0.25, 0.3) is 0 Å². The molecule has 20 heavy (non-hydrogen) atoms. The first-order valence-electron chi connectivity index (χ1n) is 8.10. The van der Waals surface area contributed by atoms with E-state index in [0.717, 1.165) is 19.4 Å². The summed E-state index contributed by atoms with van der Waals surface area (Å²) in [6.45, 7) is 9.30. The third-order valence-electron chi connectivity index (χ3n) is 3.74. The van der Waals surface area contributed by atoms with Crippen LogP contribution >= 0.6 is 0 Å². The van der Waals surface area contributed by atoms with Gasteiger partial charge in [0, 0.05) is 18.4 Å². The van der Waals surface area contributed by atoms with Crippen LogP contribution in [0.1, 0.15) is 69.5 Å². The Bertz CT molecular complexity index is 373. The maximum absolute atomic E-state index is 4.26. The van der Waals surface area contributed by atoms with Gasteiger partial charge in [-0.25, -0.2) is 0 Å². The van der Waals surface area contributed by atoms with Gasteiger partial charge in [0.05, 0.1) is 0 Å². The van der Waals surface area contributed by atoms with Gasteiger partial charge in [-0.15, -0.1) is 6.58 Å². The van der Waals surface area contributed by atoms with Gasteiger partial charge in [-0.2, -0.15) is 0 Å². The number of allylic oxidation sites excluding steroid dienone is 1. The van der Waals surface area contributed by atoms with E-state index in [4.69, 9.17) is 0 Å². The molecule has 0 saturated carbocycles. The van der Waals surface area contributed by atoms with Crippen LogP contribution in [0.5, 0.6) is 0 Å². The molecular weight excluding hydrogens is 244 g/mol. The molecule has 1 unspecified atom stereocenters. The van der Waals surface area contributed by atoms with Crippen LogP contribution in [0.2, 0.25) is 0 Å². The molecule has 1 heterocycles. The van der Waals surface area contributed by atoms with E-state index in [9.17, 15) is 0 Å². The van der Waals surface area contributed by atoms with Gasteiger partial charge in [-0.1, -0.05) is 32.8 Å². The molecular formula is C18H30N2. The third-order valence-corrected chi connectivity index (χ3v) is 3.74. The quantitative estimate of drug-likeness (QED) is 0.462. The average Bonchev–Trinajstić information content (AvgIpc) is 2.50. The molecule has 0 aromatic carbocycles. The number of rotatable bonds is 11. The molecule has 0 saturated heterocycles. The molecule has 0 spiro atoms. The van der Waals surface area contributed by atoms with Gasteiger partial charge in [0.25, 0.3) is 0 Å². The number of hydrogen-bond donors (Lipinski definition) is 1. The second-order valence-electron chi connectivity index (χ2n) is 5.36. The Morgan fingerprint density at radius 3 is 2.85 bits per heavy atom. The second-order valence-corrected chi connectivity index (χ2v) is 5.36. The van der Waals surface area contributed by atoms with Crippen molar-refractivity contribution in [1.82, 2.24) is 10.3 Å². The molecule has 2 nitrogen and oxygen atoms in total. The summed E-state index contributed by atoms with van der Waals surface area (Å²) in [4.78, 5) is 4.26. The van der Waals surface area contributed by atoms with E-state index in [1.54, 1.807) is 0 Å². The minimum absolute atomic E-state index is 0.483. The first kappa shape index (κ1) is 16.9. The summed E-state index contributed by atoms with van der Waals surface area (Å²) in [7, 11) is 0. The molecule has 0 aliphatic carbocycles. The molecule has 0 bridgehead atoms. The van der Waals surface area contributed by atoms with E-state index in [-0.39, 0.29) is 0 Å². The van der Waals surface area contributed by atoms with Crippen molar-refractivity contribution in [3.05, 3.63) is 42.2 Å². The summed E-state index contributed by atoms with van der Waals surface area (Å²) < 4.78 is 0. The Labute approximate surface area is 124 Å². The molecule has 1 atom stereocenters. The molecule has 112 valence electrons. The van der Waals surface area contributed by atoms with Crippen molar-refractivity contribution in [2.75, 3.05) is 6.54 Å². The maximum Gasteiger partial charge on any atom is 0.0324 e. The van der Waals surface area contributed by atoms with E-state index in [0.29, 0.717) is 6.04 Å². The minimum atomic E-state index is 0.483. The lowest BCUT2D eigenvalue weighted by Crippen LogP contribution is -2.23. The minimum Gasteiger partial charge on any atom is -0.310 e. The van der Waals surface area contributed by atoms with Crippen molar-refractivity contribution in [3.8, 4) is 0 Å². The predicted molar refractivity (Wildman–Crippen MR) is 87.9 cm³/mol. The first-order chi connectivity index (χ1) is 9.83. The summed E-state index contributed by atoms with van der Waals surface area (Å²) in [6.07, 6.45) is 14.4. The summed E-state index contributed by atoms with van der Waals surface area (Å²) in [5, 5.41) is 3.70. The Balaban J connectivity index is 2.60. The van der Waals surface area contributed by atoms with E-state index in [1.807, 2.05) is 18.5 Å². The second kappa shape index (κ2) is 10.6. The number of pyridine rings is 1. The van der Waals surface area contributed by atoms with Crippen molar-refractivity contribution in [1.29, 1.82) is 0 Å². The Kier molecular flexibility index (Phi) is 8.97. The zero-order valence-corrected chi connectivity index (χ0v) is 13.2. The van der Waals surface area contributed by atoms with E-state index < -0.39 is 0 Å². The van der Waals surface area contributed by atoms with Gasteiger partial charge >= 0.3 is 0 Å². The zero-order chi connectivity index (χ0) is 14.6. The molecule has 1 N–H and O–H groups in total. The fourth-order valence-corrected chi connectivity index (χ4v) is 2.57. The maximum atomic E-state index is 4.26. The Hall–Kier alpha value is -1.15. The highest BCUT2D eigenvalue weighted by atomic mass is 14.9. The molecule has 0 aliphatic heterocycles. The lowest BCUT2D eigenvalue weighted by molar-refractivity contribution is 0.469. The molecule has 0 radical (unpaired) electrons. The SMILES string of the molecule is C=CCCCCCC(NCCC)c1ccncc1CC. The normalized spacial score (nSPS) is 12.3. The van der Waals surface area contributed by atoms with E-state index in [1.165, 1.54) is 43.2 Å². The van der Waals surface area contributed by atoms with Crippen molar-refractivity contribution >= 4 is 0 Å². The summed E-state index contributed by atoms with van der Waals surface area (Å²) in [5.74, 6) is 0. The monoisotopic (exact) mass is 274 g/mol. The number of aryl methyl sites for hydroxylation is 1. The zero-order valence-electron chi connectivity index (χ0n) is 13.2.